The van der Waals surface area contributed by atoms with Gasteiger partial charge in [0.1, 0.15) is 11.6 Å². The van der Waals surface area contributed by atoms with Gasteiger partial charge in [-0.25, -0.2) is 8.78 Å². The molecule has 21 heavy (non-hydrogen) atoms. The maximum Gasteiger partial charge on any atom is 0.129 e. The Morgan fingerprint density at radius 3 is 2.57 bits per heavy atom. The molecule has 1 N–H and O–H groups in total. The maximum atomic E-state index is 14.3. The molecule has 0 heterocycles. The summed E-state index contributed by atoms with van der Waals surface area (Å²) < 4.78 is 28.6. The molecule has 2 aromatic carbocycles. The lowest BCUT2D eigenvalue weighted by Gasteiger charge is -2.22. The number of benzene rings is 2. The summed E-state index contributed by atoms with van der Waals surface area (Å²) in [5.74, 6) is -0.611. The Kier molecular flexibility index (Phi) is 5.48. The van der Waals surface area contributed by atoms with Crippen molar-refractivity contribution in [2.75, 3.05) is 6.54 Å². The third-order valence-corrected chi connectivity index (χ3v) is 3.98. The molecule has 0 aliphatic heterocycles. The minimum Gasteiger partial charge on any atom is -0.306 e. The minimum atomic E-state index is -0.380. The standard InChI is InChI=1S/C17H18BrF2N/c1-3-7-21-17(12-8-11(2)9-13(19)10-12)16-14(18)5-4-6-15(16)20/h4-6,8-10,17,21H,3,7H2,1-2H3. The Labute approximate surface area is 132 Å². The largest absolute Gasteiger partial charge is 0.306 e. The van der Waals surface area contributed by atoms with Crippen LogP contribution in [-0.2, 0) is 0 Å². The summed E-state index contributed by atoms with van der Waals surface area (Å²) in [6.07, 6.45) is 0.914. The van der Waals surface area contributed by atoms with E-state index in [1.807, 2.05) is 19.9 Å². The molecule has 1 atom stereocenters. The van der Waals surface area contributed by atoms with E-state index in [9.17, 15) is 8.78 Å². The van der Waals surface area contributed by atoms with Gasteiger partial charge in [0.2, 0.25) is 0 Å². The normalized spacial score (nSPS) is 12.4. The molecule has 0 aromatic heterocycles. The van der Waals surface area contributed by atoms with Crippen LogP contribution >= 0.6 is 15.9 Å². The van der Waals surface area contributed by atoms with E-state index in [2.05, 4.69) is 21.2 Å². The summed E-state index contributed by atoms with van der Waals surface area (Å²) in [7, 11) is 0. The Hall–Kier alpha value is -1.26. The van der Waals surface area contributed by atoms with Crippen LogP contribution in [-0.4, -0.2) is 6.54 Å². The van der Waals surface area contributed by atoms with Crippen molar-refractivity contribution in [3.63, 3.8) is 0 Å². The van der Waals surface area contributed by atoms with Gasteiger partial charge in [-0.2, -0.15) is 0 Å². The number of hydrogen-bond donors (Lipinski definition) is 1. The smallest absolute Gasteiger partial charge is 0.129 e. The van der Waals surface area contributed by atoms with E-state index in [1.165, 1.54) is 18.2 Å². The van der Waals surface area contributed by atoms with Crippen LogP contribution in [0.4, 0.5) is 8.78 Å². The van der Waals surface area contributed by atoms with Crippen molar-refractivity contribution in [1.29, 1.82) is 0 Å². The van der Waals surface area contributed by atoms with E-state index in [1.54, 1.807) is 12.1 Å². The second-order valence-corrected chi connectivity index (χ2v) is 5.94. The zero-order chi connectivity index (χ0) is 15.4. The molecule has 2 rings (SSSR count). The molecule has 112 valence electrons. The van der Waals surface area contributed by atoms with Crippen molar-refractivity contribution in [1.82, 2.24) is 5.32 Å². The first-order valence-electron chi connectivity index (χ1n) is 6.97. The molecule has 0 aliphatic carbocycles. The zero-order valence-electron chi connectivity index (χ0n) is 12.1. The molecule has 0 saturated heterocycles. The van der Waals surface area contributed by atoms with E-state index in [4.69, 9.17) is 0 Å². The molecule has 0 saturated carbocycles. The van der Waals surface area contributed by atoms with Gasteiger partial charge in [-0.05, 0) is 55.3 Å². The number of nitrogens with one attached hydrogen (secondary N) is 1. The lowest BCUT2D eigenvalue weighted by atomic mass is 9.96. The van der Waals surface area contributed by atoms with Gasteiger partial charge in [0, 0.05) is 10.0 Å². The third kappa shape index (κ3) is 3.89. The van der Waals surface area contributed by atoms with Crippen molar-refractivity contribution < 1.29 is 8.78 Å². The second kappa shape index (κ2) is 7.14. The van der Waals surface area contributed by atoms with Gasteiger partial charge in [0.25, 0.3) is 0 Å². The monoisotopic (exact) mass is 353 g/mol. The van der Waals surface area contributed by atoms with E-state index in [0.717, 1.165) is 24.1 Å². The molecule has 0 amide bonds. The summed E-state index contributed by atoms with van der Waals surface area (Å²) in [6, 6.07) is 9.30. The summed E-state index contributed by atoms with van der Waals surface area (Å²) in [6.45, 7) is 4.60. The Bertz CT molecular complexity index is 588. The number of aryl methyl sites for hydroxylation is 1. The number of hydrogen-bond acceptors (Lipinski definition) is 1. The van der Waals surface area contributed by atoms with E-state index >= 15 is 0 Å². The average molecular weight is 354 g/mol. The van der Waals surface area contributed by atoms with Crippen LogP contribution < -0.4 is 5.32 Å². The van der Waals surface area contributed by atoms with Gasteiger partial charge in [-0.3, -0.25) is 0 Å². The highest BCUT2D eigenvalue weighted by Gasteiger charge is 2.20. The summed E-state index contributed by atoms with van der Waals surface area (Å²) in [4.78, 5) is 0. The topological polar surface area (TPSA) is 12.0 Å². The van der Waals surface area contributed by atoms with Crippen molar-refractivity contribution in [2.45, 2.75) is 26.3 Å². The second-order valence-electron chi connectivity index (χ2n) is 5.08. The van der Waals surface area contributed by atoms with Crippen LogP contribution in [0.15, 0.2) is 40.9 Å². The molecular formula is C17H18BrF2N. The molecule has 0 aliphatic rings. The van der Waals surface area contributed by atoms with Crippen LogP contribution in [0.5, 0.6) is 0 Å². The molecule has 0 spiro atoms. The fourth-order valence-electron chi connectivity index (χ4n) is 2.39. The van der Waals surface area contributed by atoms with Gasteiger partial charge in [0.15, 0.2) is 0 Å². The fourth-order valence-corrected chi connectivity index (χ4v) is 2.96. The molecule has 0 radical (unpaired) electrons. The summed E-state index contributed by atoms with van der Waals surface area (Å²) in [5.41, 5.74) is 2.06. The lowest BCUT2D eigenvalue weighted by molar-refractivity contribution is 0.540. The van der Waals surface area contributed by atoms with Crippen LogP contribution in [0.2, 0.25) is 0 Å². The van der Waals surface area contributed by atoms with Crippen LogP contribution in [0, 0.1) is 18.6 Å². The van der Waals surface area contributed by atoms with E-state index in [-0.39, 0.29) is 17.7 Å². The van der Waals surface area contributed by atoms with Crippen LogP contribution in [0.3, 0.4) is 0 Å². The summed E-state index contributed by atoms with van der Waals surface area (Å²) >= 11 is 3.40. The predicted octanol–water partition coefficient (Wildman–Crippen LogP) is 5.12. The van der Waals surface area contributed by atoms with Crippen molar-refractivity contribution in [3.05, 3.63) is 69.2 Å². The molecule has 0 fully saturated rings. The maximum absolute atomic E-state index is 14.3. The van der Waals surface area contributed by atoms with Crippen LogP contribution in [0.25, 0.3) is 0 Å². The molecular weight excluding hydrogens is 336 g/mol. The van der Waals surface area contributed by atoms with Crippen molar-refractivity contribution >= 4 is 15.9 Å². The fraction of sp³-hybridized carbons (Fsp3) is 0.294. The predicted molar refractivity (Wildman–Crippen MR) is 85.4 cm³/mol. The van der Waals surface area contributed by atoms with Crippen molar-refractivity contribution in [2.24, 2.45) is 0 Å². The molecule has 0 bridgehead atoms. The van der Waals surface area contributed by atoms with Gasteiger partial charge >= 0.3 is 0 Å². The minimum absolute atomic E-state index is 0.305. The van der Waals surface area contributed by atoms with Gasteiger partial charge in [0.05, 0.1) is 6.04 Å². The number of halogens is 3. The Morgan fingerprint density at radius 2 is 1.95 bits per heavy atom. The molecule has 2 aromatic rings. The molecule has 4 heteroatoms. The third-order valence-electron chi connectivity index (χ3n) is 3.28. The molecule has 1 nitrogen and oxygen atoms in total. The summed E-state index contributed by atoms with van der Waals surface area (Å²) in [5, 5.41) is 3.30. The van der Waals surface area contributed by atoms with Gasteiger partial charge in [-0.15, -0.1) is 0 Å². The highest BCUT2D eigenvalue weighted by Crippen LogP contribution is 2.31. The lowest BCUT2D eigenvalue weighted by Crippen LogP contribution is -2.24. The first-order chi connectivity index (χ1) is 10.0. The zero-order valence-corrected chi connectivity index (χ0v) is 13.7. The van der Waals surface area contributed by atoms with Crippen molar-refractivity contribution in [3.8, 4) is 0 Å². The Morgan fingerprint density at radius 1 is 1.19 bits per heavy atom. The first-order valence-corrected chi connectivity index (χ1v) is 7.76. The highest BCUT2D eigenvalue weighted by molar-refractivity contribution is 9.10. The SMILES string of the molecule is CCCNC(c1cc(C)cc(F)c1)c1c(F)cccc1Br. The molecule has 1 unspecified atom stereocenters. The van der Waals surface area contributed by atoms with E-state index < -0.39 is 0 Å². The first kappa shape index (κ1) is 16.1. The van der Waals surface area contributed by atoms with Crippen LogP contribution in [0.1, 0.15) is 36.1 Å². The van der Waals surface area contributed by atoms with Gasteiger partial charge in [-0.1, -0.05) is 35.0 Å². The quantitative estimate of drug-likeness (QED) is 0.785. The highest BCUT2D eigenvalue weighted by atomic mass is 79.9. The van der Waals surface area contributed by atoms with E-state index in [0.29, 0.717) is 10.0 Å². The Balaban J connectivity index is 2.52. The van der Waals surface area contributed by atoms with Gasteiger partial charge < -0.3 is 5.32 Å². The average Bonchev–Trinajstić information content (AvgIpc) is 2.41. The number of rotatable bonds is 5.